The van der Waals surface area contributed by atoms with Gasteiger partial charge in [0.2, 0.25) is 5.91 Å². The molecule has 1 amide bonds. The lowest BCUT2D eigenvalue weighted by atomic mass is 10.1. The van der Waals surface area contributed by atoms with Crippen molar-refractivity contribution in [3.63, 3.8) is 0 Å². The Morgan fingerprint density at radius 3 is 2.89 bits per heavy atom. The fourth-order valence-corrected chi connectivity index (χ4v) is 4.15. The van der Waals surface area contributed by atoms with Crippen LogP contribution in [-0.4, -0.2) is 89.0 Å². The Labute approximate surface area is 167 Å². The molecule has 2 radical (unpaired) electrons. The highest BCUT2D eigenvalue weighted by Crippen LogP contribution is 2.27. The smallest absolute Gasteiger partial charge is 0.242 e. The fraction of sp³-hybridized carbons (Fsp3) is 0.500. The lowest BCUT2D eigenvalue weighted by Gasteiger charge is -2.38. The summed E-state index contributed by atoms with van der Waals surface area (Å²) in [7, 11) is 2.00. The summed E-state index contributed by atoms with van der Waals surface area (Å²) in [4.78, 5) is 21.1. The Morgan fingerprint density at radius 1 is 1.30 bits per heavy atom. The molecule has 1 aromatic heterocycles. The normalized spacial score (nSPS) is 22.1. The number of aromatic nitrogens is 1. The molecular weight excluding hydrogens is 357 g/mol. The number of pyridine rings is 1. The molecule has 0 N–H and O–H groups in total. The topological polar surface area (TPSA) is 54.9 Å². The molecule has 2 aliphatic rings. The first-order valence-electron chi connectivity index (χ1n) is 9.48. The molecule has 0 spiro atoms. The van der Waals surface area contributed by atoms with E-state index in [1.165, 1.54) is 0 Å². The van der Waals surface area contributed by atoms with Crippen LogP contribution in [0.25, 0.3) is 10.8 Å². The maximum atomic E-state index is 12.8. The molecule has 0 aliphatic carbocycles. The van der Waals surface area contributed by atoms with Crippen molar-refractivity contribution in [2.75, 3.05) is 39.9 Å². The number of piperidine rings is 1. The number of rotatable bonds is 3. The van der Waals surface area contributed by atoms with E-state index in [0.29, 0.717) is 13.2 Å². The standard InChI is InChI=1S/C20H24N3O3.Al/c1-22-11-12-25-14-18(22)20(24)23-9-6-16(7-10-23)26-19-4-2-3-15-5-8-21-13-17(15)19;/h3-5,8,13,16,18H,6-7,9-12,14H2,1H3;. The molecule has 0 bridgehead atoms. The second-order valence-electron chi connectivity index (χ2n) is 7.33. The van der Waals surface area contributed by atoms with Crippen molar-refractivity contribution in [1.29, 1.82) is 0 Å². The number of benzene rings is 1. The summed E-state index contributed by atoms with van der Waals surface area (Å²) < 4.78 is 12.9. The number of likely N-dealkylation sites (tertiary alicyclic amines) is 1. The van der Waals surface area contributed by atoms with Crippen molar-refractivity contribution in [2.45, 2.75) is 25.0 Å². The van der Waals surface area contributed by atoms with Gasteiger partial charge in [-0.15, -0.1) is 4.43 Å². The van der Waals surface area contributed by atoms with E-state index in [4.69, 9.17) is 9.47 Å². The number of carbonyl (C=O) groups excluding carboxylic acids is 1. The molecule has 140 valence electrons. The summed E-state index contributed by atoms with van der Waals surface area (Å²) in [5.74, 6) is 1.05. The zero-order valence-corrected chi connectivity index (χ0v) is 16.8. The molecule has 4 rings (SSSR count). The van der Waals surface area contributed by atoms with Gasteiger partial charge in [-0.25, -0.2) is 0 Å². The summed E-state index contributed by atoms with van der Waals surface area (Å²) in [6.07, 6.45) is 5.45. The molecule has 2 saturated heterocycles. The first-order chi connectivity index (χ1) is 13.1. The van der Waals surface area contributed by atoms with Gasteiger partial charge >= 0.3 is 0 Å². The largest absolute Gasteiger partial charge is 0.490 e. The van der Waals surface area contributed by atoms with Crippen molar-refractivity contribution < 1.29 is 14.3 Å². The SMILES string of the molecule is CN1CCOCC1C(=O)N1CCC(Oc2c[c]([Al])cc3ccncc23)CC1. The highest BCUT2D eigenvalue weighted by molar-refractivity contribution is 6.33. The van der Waals surface area contributed by atoms with Crippen LogP contribution in [0.4, 0.5) is 0 Å². The third-order valence-corrected chi connectivity index (χ3v) is 5.80. The van der Waals surface area contributed by atoms with Crippen molar-refractivity contribution in [3.8, 4) is 5.75 Å². The third kappa shape index (κ3) is 4.12. The second kappa shape index (κ2) is 8.16. The average molecular weight is 381 g/mol. The molecule has 1 aromatic carbocycles. The van der Waals surface area contributed by atoms with Crippen LogP contribution in [0, 0.1) is 0 Å². The van der Waals surface area contributed by atoms with Crippen LogP contribution in [-0.2, 0) is 9.53 Å². The van der Waals surface area contributed by atoms with Gasteiger partial charge in [-0.05, 0) is 24.6 Å². The minimum atomic E-state index is -0.153. The number of ether oxygens (including phenoxy) is 2. The van der Waals surface area contributed by atoms with Crippen molar-refractivity contribution >= 4 is 37.4 Å². The van der Waals surface area contributed by atoms with Crippen LogP contribution in [0.1, 0.15) is 12.8 Å². The number of amides is 1. The monoisotopic (exact) mass is 381 g/mol. The first kappa shape index (κ1) is 18.7. The van der Waals surface area contributed by atoms with E-state index in [1.54, 1.807) is 6.20 Å². The van der Waals surface area contributed by atoms with Gasteiger partial charge in [0, 0.05) is 50.3 Å². The van der Waals surface area contributed by atoms with Crippen LogP contribution < -0.4 is 9.16 Å². The Morgan fingerprint density at radius 2 is 2.11 bits per heavy atom. The van der Waals surface area contributed by atoms with E-state index in [0.717, 1.165) is 53.4 Å². The van der Waals surface area contributed by atoms with Crippen LogP contribution in [0.5, 0.6) is 5.75 Å². The number of carbonyl (C=O) groups is 1. The maximum absolute atomic E-state index is 12.8. The van der Waals surface area contributed by atoms with Crippen molar-refractivity contribution in [2.24, 2.45) is 0 Å². The highest BCUT2D eigenvalue weighted by atomic mass is 27.0. The number of morpholine rings is 1. The fourth-order valence-electron chi connectivity index (χ4n) is 3.82. The Balaban J connectivity index is 1.39. The molecule has 2 aromatic rings. The number of nitrogens with zero attached hydrogens (tertiary/aromatic N) is 3. The van der Waals surface area contributed by atoms with E-state index in [1.807, 2.05) is 30.3 Å². The molecule has 1 unspecified atom stereocenters. The van der Waals surface area contributed by atoms with Gasteiger partial charge in [-0.2, -0.15) is 0 Å². The maximum Gasteiger partial charge on any atom is 0.242 e. The molecular formula is C20H24AlN3O3. The molecule has 6 nitrogen and oxygen atoms in total. The van der Waals surface area contributed by atoms with Crippen molar-refractivity contribution in [3.05, 3.63) is 30.6 Å². The third-order valence-electron chi connectivity index (χ3n) is 5.47. The van der Waals surface area contributed by atoms with Crippen LogP contribution in [0.15, 0.2) is 30.6 Å². The van der Waals surface area contributed by atoms with Crippen LogP contribution >= 0.6 is 0 Å². The Kier molecular flexibility index (Phi) is 5.65. The van der Waals surface area contributed by atoms with E-state index < -0.39 is 0 Å². The number of fused-ring (bicyclic) bond motifs is 1. The molecule has 2 fully saturated rings. The Hall–Kier alpha value is -1.65. The lowest BCUT2D eigenvalue weighted by Crippen LogP contribution is -2.55. The van der Waals surface area contributed by atoms with Gasteiger partial charge in [-0.1, -0.05) is 6.07 Å². The van der Waals surface area contributed by atoms with E-state index in [2.05, 4.69) is 32.2 Å². The van der Waals surface area contributed by atoms with Gasteiger partial charge < -0.3 is 14.4 Å². The second-order valence-corrected chi connectivity index (χ2v) is 8.00. The van der Waals surface area contributed by atoms with E-state index in [9.17, 15) is 4.79 Å². The number of hydrogen-bond acceptors (Lipinski definition) is 5. The van der Waals surface area contributed by atoms with Gasteiger partial charge in [0.1, 0.15) is 17.9 Å². The van der Waals surface area contributed by atoms with Gasteiger partial charge in [0.25, 0.3) is 0 Å². The Bertz CT molecular complexity index is 823. The van der Waals surface area contributed by atoms with Crippen molar-refractivity contribution in [1.82, 2.24) is 14.8 Å². The molecule has 3 heterocycles. The molecule has 0 saturated carbocycles. The summed E-state index contributed by atoms with van der Waals surface area (Å²) in [6, 6.07) is 6.00. The molecule has 1 atom stereocenters. The minimum absolute atomic E-state index is 0.115. The lowest BCUT2D eigenvalue weighted by molar-refractivity contribution is -0.143. The zero-order valence-electron chi connectivity index (χ0n) is 15.6. The van der Waals surface area contributed by atoms with E-state index in [-0.39, 0.29) is 18.1 Å². The summed E-state index contributed by atoms with van der Waals surface area (Å²) in [6.45, 7) is 3.46. The van der Waals surface area contributed by atoms with Gasteiger partial charge in [-0.3, -0.25) is 14.7 Å². The van der Waals surface area contributed by atoms with Crippen LogP contribution in [0.2, 0.25) is 0 Å². The summed E-state index contributed by atoms with van der Waals surface area (Å²) >= 11 is 2.74. The zero-order chi connectivity index (χ0) is 18.8. The number of likely N-dealkylation sites (N-methyl/N-ethyl adjacent to an activating group) is 1. The molecule has 27 heavy (non-hydrogen) atoms. The van der Waals surface area contributed by atoms with Gasteiger partial charge in [0.15, 0.2) is 16.3 Å². The number of hydrogen-bond donors (Lipinski definition) is 0. The van der Waals surface area contributed by atoms with E-state index >= 15 is 0 Å². The first-order valence-corrected chi connectivity index (χ1v) is 10.1. The summed E-state index contributed by atoms with van der Waals surface area (Å²) in [5.41, 5.74) is 0. The predicted octanol–water partition coefficient (Wildman–Crippen LogP) is 0.729. The summed E-state index contributed by atoms with van der Waals surface area (Å²) in [5, 5.41) is 2.16. The minimum Gasteiger partial charge on any atom is -0.490 e. The average Bonchev–Trinajstić information content (AvgIpc) is 2.68. The molecule has 7 heteroatoms. The van der Waals surface area contributed by atoms with Crippen LogP contribution in [0.3, 0.4) is 0 Å². The quantitative estimate of drug-likeness (QED) is 0.734. The molecule has 2 aliphatic heterocycles. The van der Waals surface area contributed by atoms with Gasteiger partial charge in [0.05, 0.1) is 13.2 Å². The predicted molar refractivity (Wildman–Crippen MR) is 105 cm³/mol. The highest BCUT2D eigenvalue weighted by Gasteiger charge is 2.33.